The highest BCUT2D eigenvalue weighted by Gasteiger charge is 2.43. The SMILES string of the molecule is CC(CN)(NC(=O)C1CN(Cc2ccccc2)CCO1)C1CC1. The van der Waals surface area contributed by atoms with E-state index < -0.39 is 6.10 Å². The molecule has 2 aliphatic rings. The van der Waals surface area contributed by atoms with Gasteiger partial charge in [0, 0.05) is 26.2 Å². The smallest absolute Gasteiger partial charge is 0.250 e. The van der Waals surface area contributed by atoms with Crippen LogP contribution in [0.4, 0.5) is 0 Å². The summed E-state index contributed by atoms with van der Waals surface area (Å²) in [7, 11) is 0. The highest BCUT2D eigenvalue weighted by atomic mass is 16.5. The van der Waals surface area contributed by atoms with Crippen LogP contribution in [0.15, 0.2) is 30.3 Å². The maximum Gasteiger partial charge on any atom is 0.250 e. The van der Waals surface area contributed by atoms with Crippen LogP contribution in [0.25, 0.3) is 0 Å². The maximum atomic E-state index is 12.6. The molecule has 5 nitrogen and oxygen atoms in total. The van der Waals surface area contributed by atoms with Crippen molar-refractivity contribution in [3.8, 4) is 0 Å². The lowest BCUT2D eigenvalue weighted by Crippen LogP contribution is -2.58. The highest BCUT2D eigenvalue weighted by Crippen LogP contribution is 2.39. The molecule has 1 aliphatic carbocycles. The lowest BCUT2D eigenvalue weighted by atomic mass is 9.95. The Hall–Kier alpha value is -1.43. The van der Waals surface area contributed by atoms with E-state index in [-0.39, 0.29) is 11.4 Å². The normalized spacial score (nSPS) is 24.9. The fourth-order valence-electron chi connectivity index (χ4n) is 3.25. The van der Waals surface area contributed by atoms with Crippen LogP contribution in [-0.2, 0) is 16.1 Å². The van der Waals surface area contributed by atoms with E-state index in [0.717, 1.165) is 25.9 Å². The minimum Gasteiger partial charge on any atom is -0.366 e. The van der Waals surface area contributed by atoms with E-state index in [1.165, 1.54) is 5.56 Å². The van der Waals surface area contributed by atoms with Gasteiger partial charge in [0.15, 0.2) is 0 Å². The van der Waals surface area contributed by atoms with Crippen LogP contribution >= 0.6 is 0 Å². The first-order valence-electron chi connectivity index (χ1n) is 8.51. The van der Waals surface area contributed by atoms with E-state index in [0.29, 0.717) is 25.6 Å². The third-order valence-corrected chi connectivity index (χ3v) is 5.00. The van der Waals surface area contributed by atoms with E-state index in [1.807, 2.05) is 25.1 Å². The Morgan fingerprint density at radius 1 is 1.39 bits per heavy atom. The van der Waals surface area contributed by atoms with Crippen LogP contribution in [0.2, 0.25) is 0 Å². The van der Waals surface area contributed by atoms with Gasteiger partial charge in [-0.1, -0.05) is 30.3 Å². The number of nitrogens with zero attached hydrogens (tertiary/aromatic N) is 1. The number of morpholine rings is 1. The molecular formula is C18H27N3O2. The predicted octanol–water partition coefficient (Wildman–Crippen LogP) is 1.13. The van der Waals surface area contributed by atoms with Gasteiger partial charge >= 0.3 is 0 Å². The highest BCUT2D eigenvalue weighted by molar-refractivity contribution is 5.82. The van der Waals surface area contributed by atoms with Gasteiger partial charge in [0.05, 0.1) is 12.1 Å². The van der Waals surface area contributed by atoms with Gasteiger partial charge in [-0.05, 0) is 31.2 Å². The second-order valence-corrected chi connectivity index (χ2v) is 6.97. The number of nitrogens with one attached hydrogen (secondary N) is 1. The van der Waals surface area contributed by atoms with Gasteiger partial charge in [-0.2, -0.15) is 0 Å². The number of ether oxygens (including phenoxy) is 1. The number of carbonyl (C=O) groups excluding carboxylic acids is 1. The second kappa shape index (κ2) is 6.99. The van der Waals surface area contributed by atoms with Crippen molar-refractivity contribution in [3.63, 3.8) is 0 Å². The monoisotopic (exact) mass is 317 g/mol. The Labute approximate surface area is 138 Å². The molecule has 0 bridgehead atoms. The number of carbonyl (C=O) groups is 1. The Bertz CT molecular complexity index is 532. The Balaban J connectivity index is 1.56. The standard InChI is InChI=1S/C18H27N3O2/c1-18(13-19,15-7-8-15)20-17(22)16-12-21(9-10-23-16)11-14-5-3-2-4-6-14/h2-6,15-16H,7-13,19H2,1H3,(H,20,22). The molecule has 2 atom stereocenters. The Kier molecular flexibility index (Phi) is 4.99. The zero-order chi connectivity index (χ0) is 16.3. The van der Waals surface area contributed by atoms with Gasteiger partial charge in [0.25, 0.3) is 5.91 Å². The van der Waals surface area contributed by atoms with Crippen molar-refractivity contribution < 1.29 is 9.53 Å². The van der Waals surface area contributed by atoms with Crippen LogP contribution in [0, 0.1) is 5.92 Å². The van der Waals surface area contributed by atoms with Crippen molar-refractivity contribution in [2.75, 3.05) is 26.2 Å². The topological polar surface area (TPSA) is 67.6 Å². The van der Waals surface area contributed by atoms with Crippen LogP contribution in [0.1, 0.15) is 25.3 Å². The number of benzene rings is 1. The third-order valence-electron chi connectivity index (χ3n) is 5.00. The molecule has 0 spiro atoms. The predicted molar refractivity (Wildman–Crippen MR) is 89.8 cm³/mol. The summed E-state index contributed by atoms with van der Waals surface area (Å²) in [5.41, 5.74) is 6.86. The van der Waals surface area contributed by atoms with E-state index in [9.17, 15) is 4.79 Å². The molecule has 1 aliphatic heterocycles. The largest absolute Gasteiger partial charge is 0.366 e. The van der Waals surface area contributed by atoms with Crippen molar-refractivity contribution >= 4 is 5.91 Å². The number of hydrogen-bond acceptors (Lipinski definition) is 4. The summed E-state index contributed by atoms with van der Waals surface area (Å²) < 4.78 is 5.70. The second-order valence-electron chi connectivity index (χ2n) is 6.97. The first-order chi connectivity index (χ1) is 11.1. The van der Waals surface area contributed by atoms with Gasteiger partial charge in [0.1, 0.15) is 6.10 Å². The summed E-state index contributed by atoms with van der Waals surface area (Å²) in [4.78, 5) is 14.9. The van der Waals surface area contributed by atoms with Crippen molar-refractivity contribution in [1.82, 2.24) is 10.2 Å². The van der Waals surface area contributed by atoms with Gasteiger partial charge in [-0.25, -0.2) is 0 Å². The average molecular weight is 317 g/mol. The lowest BCUT2D eigenvalue weighted by Gasteiger charge is -2.35. The number of hydrogen-bond donors (Lipinski definition) is 2. The quantitative estimate of drug-likeness (QED) is 0.825. The zero-order valence-corrected chi connectivity index (χ0v) is 13.8. The molecule has 3 rings (SSSR count). The maximum absolute atomic E-state index is 12.6. The van der Waals surface area contributed by atoms with Gasteiger partial charge < -0.3 is 15.8 Å². The molecule has 23 heavy (non-hydrogen) atoms. The molecule has 1 heterocycles. The van der Waals surface area contributed by atoms with Crippen LogP contribution < -0.4 is 11.1 Å². The summed E-state index contributed by atoms with van der Waals surface area (Å²) in [6.07, 6.45) is 1.90. The molecule has 0 aromatic heterocycles. The molecule has 0 radical (unpaired) electrons. The summed E-state index contributed by atoms with van der Waals surface area (Å²) >= 11 is 0. The first-order valence-corrected chi connectivity index (χ1v) is 8.51. The fraction of sp³-hybridized carbons (Fsp3) is 0.611. The van der Waals surface area contributed by atoms with Crippen LogP contribution in [0.5, 0.6) is 0 Å². The molecule has 1 aromatic rings. The van der Waals surface area contributed by atoms with Crippen molar-refractivity contribution in [1.29, 1.82) is 0 Å². The molecule has 1 aromatic carbocycles. The van der Waals surface area contributed by atoms with Crippen molar-refractivity contribution in [3.05, 3.63) is 35.9 Å². The van der Waals surface area contributed by atoms with Gasteiger partial charge in [0.2, 0.25) is 0 Å². The third kappa shape index (κ3) is 4.10. The summed E-state index contributed by atoms with van der Waals surface area (Å²) in [5, 5.41) is 3.14. The van der Waals surface area contributed by atoms with E-state index >= 15 is 0 Å². The molecule has 3 N–H and O–H groups in total. The minimum absolute atomic E-state index is 0.0254. The average Bonchev–Trinajstić information content (AvgIpc) is 3.41. The van der Waals surface area contributed by atoms with E-state index in [4.69, 9.17) is 10.5 Å². The van der Waals surface area contributed by atoms with Crippen LogP contribution in [-0.4, -0.2) is 48.7 Å². The van der Waals surface area contributed by atoms with Crippen LogP contribution in [0.3, 0.4) is 0 Å². The summed E-state index contributed by atoms with van der Waals surface area (Å²) in [5.74, 6) is 0.489. The molecule has 1 amide bonds. The molecule has 2 unspecified atom stereocenters. The molecule has 1 saturated heterocycles. The zero-order valence-electron chi connectivity index (χ0n) is 13.8. The lowest BCUT2D eigenvalue weighted by molar-refractivity contribution is -0.140. The molecule has 126 valence electrons. The number of nitrogens with two attached hydrogens (primary N) is 1. The molecular weight excluding hydrogens is 290 g/mol. The minimum atomic E-state index is -0.405. The first kappa shape index (κ1) is 16.4. The summed E-state index contributed by atoms with van der Waals surface area (Å²) in [6.45, 7) is 5.46. The van der Waals surface area contributed by atoms with E-state index in [2.05, 4.69) is 22.3 Å². The van der Waals surface area contributed by atoms with Gasteiger partial charge in [-0.3, -0.25) is 9.69 Å². The van der Waals surface area contributed by atoms with E-state index in [1.54, 1.807) is 0 Å². The van der Waals surface area contributed by atoms with Crippen molar-refractivity contribution in [2.45, 2.75) is 38.0 Å². The van der Waals surface area contributed by atoms with Gasteiger partial charge in [-0.15, -0.1) is 0 Å². The fourth-order valence-corrected chi connectivity index (χ4v) is 3.25. The Morgan fingerprint density at radius 2 is 2.13 bits per heavy atom. The number of amides is 1. The molecule has 1 saturated carbocycles. The number of rotatable bonds is 6. The molecule has 2 fully saturated rings. The molecule has 5 heteroatoms. The van der Waals surface area contributed by atoms with Crippen molar-refractivity contribution in [2.24, 2.45) is 11.7 Å². The summed E-state index contributed by atoms with van der Waals surface area (Å²) in [6, 6.07) is 10.3. The Morgan fingerprint density at radius 3 is 2.78 bits per heavy atom.